The number of carbonyl (C=O) groups excluding carboxylic acids is 1. The van der Waals surface area contributed by atoms with Crippen LogP contribution < -0.4 is 14.8 Å². The summed E-state index contributed by atoms with van der Waals surface area (Å²) in [4.78, 5) is 12.8. The molecule has 2 aromatic rings. The number of anilines is 1. The van der Waals surface area contributed by atoms with Crippen LogP contribution >= 0.6 is 23.4 Å². The highest BCUT2D eigenvalue weighted by Crippen LogP contribution is 2.37. The number of amides is 1. The highest BCUT2D eigenvalue weighted by atomic mass is 35.5. The molecular formula is C18H18ClF2NO3S. The third kappa shape index (κ3) is 5.25. The molecule has 2 aromatic carbocycles. The first-order valence-electron chi connectivity index (χ1n) is 7.81. The molecule has 0 saturated carbocycles. The molecule has 8 heteroatoms. The second-order valence-electron chi connectivity index (χ2n) is 5.17. The van der Waals surface area contributed by atoms with E-state index in [9.17, 15) is 13.6 Å². The molecule has 0 bridgehead atoms. The molecule has 2 rings (SSSR count). The average Bonchev–Trinajstić information content (AvgIpc) is 2.61. The Bertz CT molecular complexity index is 774. The number of hydrogen-bond donors (Lipinski definition) is 1. The number of nitrogens with one attached hydrogen (secondary N) is 1. The summed E-state index contributed by atoms with van der Waals surface area (Å²) in [6.45, 7) is 2.41. The highest BCUT2D eigenvalue weighted by Gasteiger charge is 2.17. The Labute approximate surface area is 159 Å². The van der Waals surface area contributed by atoms with E-state index in [1.165, 1.54) is 25.3 Å². The van der Waals surface area contributed by atoms with E-state index in [2.05, 4.69) is 5.32 Å². The van der Waals surface area contributed by atoms with Gasteiger partial charge < -0.3 is 14.8 Å². The van der Waals surface area contributed by atoms with Crippen molar-refractivity contribution in [3.63, 3.8) is 0 Å². The number of halogens is 3. The van der Waals surface area contributed by atoms with Crippen molar-refractivity contribution in [2.24, 2.45) is 0 Å². The number of carbonyl (C=O) groups is 1. The summed E-state index contributed by atoms with van der Waals surface area (Å²) in [7, 11) is 1.45. The van der Waals surface area contributed by atoms with Gasteiger partial charge in [-0.2, -0.15) is 8.78 Å². The van der Waals surface area contributed by atoms with Crippen LogP contribution in [0.1, 0.15) is 23.7 Å². The van der Waals surface area contributed by atoms with Crippen molar-refractivity contribution in [1.29, 1.82) is 0 Å². The van der Waals surface area contributed by atoms with Crippen LogP contribution in [-0.2, 0) is 0 Å². The van der Waals surface area contributed by atoms with Crippen LogP contribution in [0.3, 0.4) is 0 Å². The van der Waals surface area contributed by atoms with Crippen molar-refractivity contribution in [2.75, 3.05) is 19.0 Å². The number of benzene rings is 2. The predicted molar refractivity (Wildman–Crippen MR) is 100 cm³/mol. The second kappa shape index (κ2) is 9.64. The van der Waals surface area contributed by atoms with Gasteiger partial charge >= 0.3 is 0 Å². The van der Waals surface area contributed by atoms with E-state index in [4.69, 9.17) is 21.1 Å². The molecule has 26 heavy (non-hydrogen) atoms. The van der Waals surface area contributed by atoms with Crippen LogP contribution in [0, 0.1) is 0 Å². The summed E-state index contributed by atoms with van der Waals surface area (Å²) in [5.41, 5.74) is 0.525. The van der Waals surface area contributed by atoms with E-state index in [1.807, 2.05) is 6.92 Å². The minimum Gasteiger partial charge on any atom is -0.493 e. The minimum atomic E-state index is -2.59. The summed E-state index contributed by atoms with van der Waals surface area (Å²) in [6.07, 6.45) is 0.792. The molecule has 140 valence electrons. The van der Waals surface area contributed by atoms with E-state index in [0.717, 1.165) is 6.42 Å². The Morgan fingerprint density at radius 2 is 2.04 bits per heavy atom. The van der Waals surface area contributed by atoms with Crippen LogP contribution in [0.4, 0.5) is 14.5 Å². The van der Waals surface area contributed by atoms with Gasteiger partial charge in [-0.3, -0.25) is 4.79 Å². The Balaban J connectivity index is 2.26. The van der Waals surface area contributed by atoms with Crippen molar-refractivity contribution in [3.8, 4) is 11.5 Å². The lowest BCUT2D eigenvalue weighted by molar-refractivity contribution is 0.102. The van der Waals surface area contributed by atoms with Gasteiger partial charge in [-0.15, -0.1) is 0 Å². The fraction of sp³-hybridized carbons (Fsp3) is 0.278. The fourth-order valence-corrected chi connectivity index (χ4v) is 3.02. The van der Waals surface area contributed by atoms with Gasteiger partial charge in [0.2, 0.25) is 0 Å². The maximum atomic E-state index is 12.7. The molecule has 0 radical (unpaired) electrons. The molecule has 4 nitrogen and oxygen atoms in total. The average molecular weight is 402 g/mol. The molecule has 0 aliphatic carbocycles. The normalized spacial score (nSPS) is 10.7. The first-order chi connectivity index (χ1) is 12.5. The maximum absolute atomic E-state index is 12.7. The third-order valence-electron chi connectivity index (χ3n) is 3.29. The van der Waals surface area contributed by atoms with E-state index >= 15 is 0 Å². The Kier molecular flexibility index (Phi) is 7.53. The molecular weight excluding hydrogens is 384 g/mol. The molecule has 0 fully saturated rings. The summed E-state index contributed by atoms with van der Waals surface area (Å²) in [5, 5.41) is 2.86. The lowest BCUT2D eigenvalue weighted by atomic mass is 10.1. The van der Waals surface area contributed by atoms with E-state index < -0.39 is 11.7 Å². The molecule has 0 unspecified atom stereocenters. The number of rotatable bonds is 8. The second-order valence-corrected chi connectivity index (χ2v) is 6.61. The van der Waals surface area contributed by atoms with Crippen LogP contribution in [0.5, 0.6) is 11.5 Å². The van der Waals surface area contributed by atoms with Gasteiger partial charge in [-0.1, -0.05) is 42.4 Å². The largest absolute Gasteiger partial charge is 0.493 e. The van der Waals surface area contributed by atoms with Crippen molar-refractivity contribution in [3.05, 3.63) is 47.0 Å². The summed E-state index contributed by atoms with van der Waals surface area (Å²) >= 11 is 6.57. The minimum absolute atomic E-state index is 0.229. The molecule has 0 heterocycles. The SMILES string of the molecule is CCCOc1c(Cl)cc(C(=O)Nc2ccccc2SC(F)F)cc1OC. The van der Waals surface area contributed by atoms with Crippen molar-refractivity contribution >= 4 is 35.0 Å². The van der Waals surface area contributed by atoms with E-state index in [0.29, 0.717) is 35.6 Å². The molecule has 1 N–H and O–H groups in total. The molecule has 0 aliphatic rings. The van der Waals surface area contributed by atoms with Gasteiger partial charge in [0.05, 0.1) is 24.4 Å². The Morgan fingerprint density at radius 3 is 2.69 bits per heavy atom. The zero-order valence-corrected chi connectivity index (χ0v) is 15.8. The topological polar surface area (TPSA) is 47.6 Å². The first-order valence-corrected chi connectivity index (χ1v) is 9.07. The van der Waals surface area contributed by atoms with Gasteiger partial charge in [-0.25, -0.2) is 0 Å². The van der Waals surface area contributed by atoms with Crippen LogP contribution in [0.15, 0.2) is 41.3 Å². The number of hydrogen-bond acceptors (Lipinski definition) is 4. The number of methoxy groups -OCH3 is 1. The molecule has 0 atom stereocenters. The number of ether oxygens (including phenoxy) is 2. The van der Waals surface area contributed by atoms with E-state index in [-0.39, 0.29) is 15.5 Å². The predicted octanol–water partition coefficient (Wildman–Crippen LogP) is 5.70. The van der Waals surface area contributed by atoms with Crippen LogP contribution in [0.2, 0.25) is 5.02 Å². The van der Waals surface area contributed by atoms with E-state index in [1.54, 1.807) is 18.2 Å². The van der Waals surface area contributed by atoms with Gasteiger partial charge in [0.15, 0.2) is 11.5 Å². The maximum Gasteiger partial charge on any atom is 0.288 e. The standard InChI is InChI=1S/C18H18ClF2NO3S/c1-3-8-25-16-12(19)9-11(10-14(16)24-2)17(23)22-13-6-4-5-7-15(13)26-18(20)21/h4-7,9-10,18H,3,8H2,1-2H3,(H,22,23). The molecule has 1 amide bonds. The quantitative estimate of drug-likeness (QED) is 0.576. The Morgan fingerprint density at radius 1 is 1.31 bits per heavy atom. The summed E-state index contributed by atoms with van der Waals surface area (Å²) < 4.78 is 36.1. The van der Waals surface area contributed by atoms with Gasteiger partial charge in [-0.05, 0) is 30.7 Å². The number of alkyl halides is 2. The van der Waals surface area contributed by atoms with Gasteiger partial charge in [0.25, 0.3) is 11.7 Å². The lowest BCUT2D eigenvalue weighted by Crippen LogP contribution is -2.13. The monoisotopic (exact) mass is 401 g/mol. The number of para-hydroxylation sites is 1. The van der Waals surface area contributed by atoms with Crippen molar-refractivity contribution < 1.29 is 23.0 Å². The van der Waals surface area contributed by atoms with Crippen LogP contribution in [-0.4, -0.2) is 25.4 Å². The van der Waals surface area contributed by atoms with Gasteiger partial charge in [0.1, 0.15) is 0 Å². The first kappa shape index (κ1) is 20.3. The number of thioether (sulfide) groups is 1. The zero-order chi connectivity index (χ0) is 19.1. The van der Waals surface area contributed by atoms with Crippen molar-refractivity contribution in [2.45, 2.75) is 24.0 Å². The third-order valence-corrected chi connectivity index (χ3v) is 4.36. The molecule has 0 aliphatic heterocycles. The van der Waals surface area contributed by atoms with Gasteiger partial charge in [0, 0.05) is 10.5 Å². The highest BCUT2D eigenvalue weighted by molar-refractivity contribution is 7.99. The molecule has 0 aromatic heterocycles. The van der Waals surface area contributed by atoms with Crippen LogP contribution in [0.25, 0.3) is 0 Å². The smallest absolute Gasteiger partial charge is 0.288 e. The lowest BCUT2D eigenvalue weighted by Gasteiger charge is -2.14. The fourth-order valence-electron chi connectivity index (χ4n) is 2.16. The summed E-state index contributed by atoms with van der Waals surface area (Å²) in [6, 6.07) is 9.30. The zero-order valence-electron chi connectivity index (χ0n) is 14.2. The molecule has 0 saturated heterocycles. The summed E-state index contributed by atoms with van der Waals surface area (Å²) in [5.74, 6) is -2.39. The van der Waals surface area contributed by atoms with Crippen molar-refractivity contribution in [1.82, 2.24) is 0 Å². The Hall–Kier alpha value is -1.99. The molecule has 0 spiro atoms.